The Kier molecular flexibility index (Phi) is 5.03. The Bertz CT molecular complexity index is 483. The first-order valence-corrected chi connectivity index (χ1v) is 6.76. The quantitative estimate of drug-likeness (QED) is 0.824. The molecule has 0 fully saturated rings. The Morgan fingerprint density at radius 2 is 2.21 bits per heavy atom. The third-order valence-corrected chi connectivity index (χ3v) is 2.98. The van der Waals surface area contributed by atoms with Gasteiger partial charge in [-0.1, -0.05) is 25.1 Å². The van der Waals surface area contributed by atoms with E-state index in [0.29, 0.717) is 24.2 Å². The topological polar surface area (TPSA) is 63.8 Å². The fourth-order valence-corrected chi connectivity index (χ4v) is 1.97. The van der Waals surface area contributed by atoms with Crippen molar-refractivity contribution in [2.75, 3.05) is 6.54 Å². The number of nitrogens with zero attached hydrogens (tertiary/aromatic N) is 3. The van der Waals surface area contributed by atoms with Gasteiger partial charge in [0.05, 0.1) is 6.42 Å². The van der Waals surface area contributed by atoms with E-state index in [2.05, 4.69) is 34.3 Å². The molecule has 2 heterocycles. The van der Waals surface area contributed by atoms with Gasteiger partial charge >= 0.3 is 0 Å². The zero-order chi connectivity index (χ0) is 13.5. The highest BCUT2D eigenvalue weighted by atomic mass is 16.5. The molecule has 5 nitrogen and oxygen atoms in total. The Morgan fingerprint density at radius 3 is 2.89 bits per heavy atom. The Balaban J connectivity index is 1.95. The van der Waals surface area contributed by atoms with Crippen molar-refractivity contribution in [3.63, 3.8) is 0 Å². The van der Waals surface area contributed by atoms with Crippen LogP contribution in [0.2, 0.25) is 0 Å². The van der Waals surface area contributed by atoms with Crippen LogP contribution in [-0.2, 0) is 12.8 Å². The number of rotatable bonds is 7. The van der Waals surface area contributed by atoms with Crippen molar-refractivity contribution >= 4 is 0 Å². The van der Waals surface area contributed by atoms with Gasteiger partial charge in [0.2, 0.25) is 5.89 Å². The fourth-order valence-electron chi connectivity index (χ4n) is 1.97. The van der Waals surface area contributed by atoms with E-state index in [1.807, 2.05) is 18.2 Å². The highest BCUT2D eigenvalue weighted by Crippen LogP contribution is 2.07. The minimum Gasteiger partial charge on any atom is -0.339 e. The Morgan fingerprint density at radius 1 is 1.32 bits per heavy atom. The maximum Gasteiger partial charge on any atom is 0.228 e. The van der Waals surface area contributed by atoms with E-state index in [1.165, 1.54) is 0 Å². The SMILES string of the molecule is CCNC(CC)Cc1nc(Cc2ccccn2)no1. The molecule has 1 unspecified atom stereocenters. The van der Waals surface area contributed by atoms with E-state index in [0.717, 1.165) is 25.1 Å². The lowest BCUT2D eigenvalue weighted by atomic mass is 10.1. The van der Waals surface area contributed by atoms with Gasteiger partial charge in [0.15, 0.2) is 5.82 Å². The van der Waals surface area contributed by atoms with Crippen LogP contribution in [0.15, 0.2) is 28.9 Å². The van der Waals surface area contributed by atoms with Gasteiger partial charge in [0.25, 0.3) is 0 Å². The molecule has 0 bridgehead atoms. The van der Waals surface area contributed by atoms with Crippen LogP contribution in [0.4, 0.5) is 0 Å². The van der Waals surface area contributed by atoms with Crippen LogP contribution >= 0.6 is 0 Å². The van der Waals surface area contributed by atoms with Gasteiger partial charge in [0.1, 0.15) is 0 Å². The molecule has 2 aromatic heterocycles. The highest BCUT2D eigenvalue weighted by molar-refractivity contribution is 5.09. The second-order valence-corrected chi connectivity index (χ2v) is 4.47. The van der Waals surface area contributed by atoms with Crippen LogP contribution in [-0.4, -0.2) is 27.7 Å². The number of aromatic nitrogens is 3. The molecule has 5 heteroatoms. The number of hydrogen-bond donors (Lipinski definition) is 1. The summed E-state index contributed by atoms with van der Waals surface area (Å²) in [5, 5.41) is 7.40. The van der Waals surface area contributed by atoms with Crippen LogP contribution in [0.3, 0.4) is 0 Å². The van der Waals surface area contributed by atoms with Gasteiger partial charge in [-0.2, -0.15) is 4.98 Å². The van der Waals surface area contributed by atoms with Crippen molar-refractivity contribution in [2.45, 2.75) is 39.2 Å². The van der Waals surface area contributed by atoms with Gasteiger partial charge in [-0.05, 0) is 25.1 Å². The molecule has 0 aliphatic rings. The lowest BCUT2D eigenvalue weighted by Gasteiger charge is -2.12. The van der Waals surface area contributed by atoms with Crippen LogP contribution < -0.4 is 5.32 Å². The Hall–Kier alpha value is -1.75. The Labute approximate surface area is 113 Å². The van der Waals surface area contributed by atoms with Crippen LogP contribution in [0, 0.1) is 0 Å². The number of likely N-dealkylation sites (N-methyl/N-ethyl adjacent to an activating group) is 1. The highest BCUT2D eigenvalue weighted by Gasteiger charge is 2.12. The van der Waals surface area contributed by atoms with Gasteiger partial charge in [-0.25, -0.2) is 0 Å². The van der Waals surface area contributed by atoms with E-state index < -0.39 is 0 Å². The molecule has 0 amide bonds. The van der Waals surface area contributed by atoms with Crippen LogP contribution in [0.1, 0.15) is 37.7 Å². The molecule has 102 valence electrons. The van der Waals surface area contributed by atoms with Crippen molar-refractivity contribution < 1.29 is 4.52 Å². The zero-order valence-electron chi connectivity index (χ0n) is 11.5. The average molecular weight is 260 g/mol. The first-order valence-electron chi connectivity index (χ1n) is 6.76. The second-order valence-electron chi connectivity index (χ2n) is 4.47. The van der Waals surface area contributed by atoms with Crippen molar-refractivity contribution in [2.24, 2.45) is 0 Å². The number of nitrogens with one attached hydrogen (secondary N) is 1. The zero-order valence-corrected chi connectivity index (χ0v) is 11.5. The molecule has 2 aromatic rings. The molecule has 0 spiro atoms. The van der Waals surface area contributed by atoms with E-state index in [9.17, 15) is 0 Å². The normalized spacial score (nSPS) is 12.5. The average Bonchev–Trinajstić information content (AvgIpc) is 2.86. The first-order chi connectivity index (χ1) is 9.31. The fraction of sp³-hybridized carbons (Fsp3) is 0.500. The summed E-state index contributed by atoms with van der Waals surface area (Å²) in [6.45, 7) is 5.20. The predicted octanol–water partition coefficient (Wildman–Crippen LogP) is 1.99. The maximum absolute atomic E-state index is 5.29. The standard InChI is InChI=1S/C14H20N4O/c1-3-11(15-4-2)10-14-17-13(18-19-14)9-12-7-5-6-8-16-12/h5-8,11,15H,3-4,9-10H2,1-2H3. The predicted molar refractivity (Wildman–Crippen MR) is 72.8 cm³/mol. The lowest BCUT2D eigenvalue weighted by molar-refractivity contribution is 0.352. The van der Waals surface area contributed by atoms with Crippen molar-refractivity contribution in [1.82, 2.24) is 20.4 Å². The van der Waals surface area contributed by atoms with E-state index >= 15 is 0 Å². The van der Waals surface area contributed by atoms with Crippen molar-refractivity contribution in [3.05, 3.63) is 41.8 Å². The van der Waals surface area contributed by atoms with Gasteiger partial charge in [-0.15, -0.1) is 0 Å². The summed E-state index contributed by atoms with van der Waals surface area (Å²) in [5.74, 6) is 1.39. The maximum atomic E-state index is 5.29. The smallest absolute Gasteiger partial charge is 0.228 e. The monoisotopic (exact) mass is 260 g/mol. The van der Waals surface area contributed by atoms with E-state index in [-0.39, 0.29) is 0 Å². The third kappa shape index (κ3) is 4.13. The molecule has 1 atom stereocenters. The molecule has 0 radical (unpaired) electrons. The third-order valence-electron chi connectivity index (χ3n) is 2.98. The first kappa shape index (κ1) is 13.7. The molecule has 0 aliphatic carbocycles. The second kappa shape index (κ2) is 6.99. The molecule has 0 aliphatic heterocycles. The molecule has 0 aromatic carbocycles. The van der Waals surface area contributed by atoms with Crippen LogP contribution in [0.25, 0.3) is 0 Å². The van der Waals surface area contributed by atoms with E-state index in [1.54, 1.807) is 6.20 Å². The van der Waals surface area contributed by atoms with Crippen LogP contribution in [0.5, 0.6) is 0 Å². The molecule has 1 N–H and O–H groups in total. The lowest BCUT2D eigenvalue weighted by Crippen LogP contribution is -2.30. The summed E-state index contributed by atoms with van der Waals surface area (Å²) in [6, 6.07) is 6.21. The molecular formula is C14H20N4O. The molecule has 0 saturated heterocycles. The minimum atomic E-state index is 0.396. The minimum absolute atomic E-state index is 0.396. The summed E-state index contributed by atoms with van der Waals surface area (Å²) in [7, 11) is 0. The van der Waals surface area contributed by atoms with Gasteiger partial charge in [-0.3, -0.25) is 4.98 Å². The van der Waals surface area contributed by atoms with E-state index in [4.69, 9.17) is 4.52 Å². The number of pyridine rings is 1. The molecule has 19 heavy (non-hydrogen) atoms. The molecule has 0 saturated carbocycles. The molecule has 2 rings (SSSR count). The van der Waals surface area contributed by atoms with Crippen molar-refractivity contribution in [1.29, 1.82) is 0 Å². The largest absolute Gasteiger partial charge is 0.339 e. The summed E-state index contributed by atoms with van der Waals surface area (Å²) >= 11 is 0. The molecular weight excluding hydrogens is 240 g/mol. The summed E-state index contributed by atoms with van der Waals surface area (Å²) in [5.41, 5.74) is 0.952. The number of hydrogen-bond acceptors (Lipinski definition) is 5. The summed E-state index contributed by atoms with van der Waals surface area (Å²) in [6.07, 6.45) is 4.21. The summed E-state index contributed by atoms with van der Waals surface area (Å²) < 4.78 is 5.29. The van der Waals surface area contributed by atoms with Crippen molar-refractivity contribution in [3.8, 4) is 0 Å². The van der Waals surface area contributed by atoms with Gasteiger partial charge in [0, 0.05) is 24.4 Å². The summed E-state index contributed by atoms with van der Waals surface area (Å²) in [4.78, 5) is 8.67. The van der Waals surface area contributed by atoms with Gasteiger partial charge < -0.3 is 9.84 Å².